The monoisotopic (exact) mass is 333 g/mol. The molecule has 1 atom stereocenters. The number of methoxy groups -OCH3 is 2. The fourth-order valence-electron chi connectivity index (χ4n) is 2.29. The van der Waals surface area contributed by atoms with Gasteiger partial charge in [0.1, 0.15) is 11.9 Å². The van der Waals surface area contributed by atoms with E-state index in [1.54, 1.807) is 20.3 Å². The van der Waals surface area contributed by atoms with Crippen LogP contribution >= 0.6 is 11.6 Å². The number of halogens is 1. The standard InChI is InChI=1S/C18H20ClNO3/c1-22-14-7-5-6-13(10-14)11-18(21)20-12-17(23-2)15-8-3-4-9-16(15)19/h3-10,17H,11-12H2,1-2H3,(H,20,21). The summed E-state index contributed by atoms with van der Waals surface area (Å²) in [4.78, 5) is 12.1. The third-order valence-corrected chi connectivity index (χ3v) is 3.86. The minimum Gasteiger partial charge on any atom is -0.497 e. The Morgan fingerprint density at radius 3 is 2.65 bits per heavy atom. The van der Waals surface area contributed by atoms with Gasteiger partial charge in [-0.2, -0.15) is 0 Å². The van der Waals surface area contributed by atoms with E-state index in [-0.39, 0.29) is 18.4 Å². The van der Waals surface area contributed by atoms with Gasteiger partial charge < -0.3 is 14.8 Å². The maximum absolute atomic E-state index is 12.1. The van der Waals surface area contributed by atoms with E-state index in [0.717, 1.165) is 16.9 Å². The second-order valence-electron chi connectivity index (χ2n) is 5.08. The molecule has 2 rings (SSSR count). The van der Waals surface area contributed by atoms with Crippen LogP contribution in [0.25, 0.3) is 0 Å². The summed E-state index contributed by atoms with van der Waals surface area (Å²) in [6, 6.07) is 14.9. The molecule has 0 aromatic heterocycles. The second kappa shape index (κ2) is 8.56. The summed E-state index contributed by atoms with van der Waals surface area (Å²) >= 11 is 6.17. The molecule has 2 aromatic rings. The number of benzene rings is 2. The molecule has 1 amide bonds. The molecule has 0 saturated heterocycles. The quantitative estimate of drug-likeness (QED) is 0.844. The van der Waals surface area contributed by atoms with Crippen molar-refractivity contribution >= 4 is 17.5 Å². The summed E-state index contributed by atoms with van der Waals surface area (Å²) in [6.45, 7) is 0.364. The maximum atomic E-state index is 12.1. The first kappa shape index (κ1) is 17.3. The molecule has 1 N–H and O–H groups in total. The van der Waals surface area contributed by atoms with Gasteiger partial charge in [0.05, 0.1) is 13.5 Å². The summed E-state index contributed by atoms with van der Waals surface area (Å²) in [7, 11) is 3.20. The molecule has 0 bridgehead atoms. The van der Waals surface area contributed by atoms with Crippen molar-refractivity contribution in [1.82, 2.24) is 5.32 Å². The van der Waals surface area contributed by atoms with Crippen LogP contribution in [0, 0.1) is 0 Å². The Labute approximate surface area is 141 Å². The highest BCUT2D eigenvalue weighted by Gasteiger charge is 2.15. The van der Waals surface area contributed by atoms with Crippen molar-refractivity contribution in [1.29, 1.82) is 0 Å². The lowest BCUT2D eigenvalue weighted by atomic mass is 10.1. The Hall–Kier alpha value is -2.04. The summed E-state index contributed by atoms with van der Waals surface area (Å²) in [5, 5.41) is 3.51. The van der Waals surface area contributed by atoms with Crippen LogP contribution in [0.5, 0.6) is 5.75 Å². The first-order valence-electron chi connectivity index (χ1n) is 7.31. The fourth-order valence-corrected chi connectivity index (χ4v) is 2.55. The summed E-state index contributed by atoms with van der Waals surface area (Å²) in [6.07, 6.45) is 0.00819. The molecule has 0 saturated carbocycles. The number of nitrogens with one attached hydrogen (secondary N) is 1. The second-order valence-corrected chi connectivity index (χ2v) is 5.49. The average molecular weight is 334 g/mol. The largest absolute Gasteiger partial charge is 0.497 e. The first-order valence-corrected chi connectivity index (χ1v) is 7.68. The van der Waals surface area contributed by atoms with Gasteiger partial charge in [-0.05, 0) is 23.8 Å². The number of hydrogen-bond acceptors (Lipinski definition) is 3. The fraction of sp³-hybridized carbons (Fsp3) is 0.278. The third-order valence-electron chi connectivity index (χ3n) is 3.52. The van der Waals surface area contributed by atoms with Crippen molar-refractivity contribution in [3.8, 4) is 5.75 Å². The number of ether oxygens (including phenoxy) is 2. The SMILES string of the molecule is COc1cccc(CC(=O)NCC(OC)c2ccccc2Cl)c1. The predicted molar refractivity (Wildman–Crippen MR) is 90.9 cm³/mol. The number of hydrogen-bond donors (Lipinski definition) is 1. The van der Waals surface area contributed by atoms with Crippen molar-refractivity contribution < 1.29 is 14.3 Å². The molecule has 0 spiro atoms. The molecule has 0 aliphatic carbocycles. The number of amides is 1. The van der Waals surface area contributed by atoms with Crippen LogP contribution in [0.1, 0.15) is 17.2 Å². The van der Waals surface area contributed by atoms with E-state index in [1.807, 2.05) is 42.5 Å². The summed E-state index contributed by atoms with van der Waals surface area (Å²) in [5.74, 6) is 0.661. The number of rotatable bonds is 7. The van der Waals surface area contributed by atoms with Crippen LogP contribution in [-0.2, 0) is 16.0 Å². The Morgan fingerprint density at radius 1 is 1.17 bits per heavy atom. The van der Waals surface area contributed by atoms with Crippen molar-refractivity contribution in [2.45, 2.75) is 12.5 Å². The molecule has 0 aliphatic heterocycles. The van der Waals surface area contributed by atoms with Crippen molar-refractivity contribution in [3.63, 3.8) is 0 Å². The van der Waals surface area contributed by atoms with Crippen molar-refractivity contribution in [3.05, 3.63) is 64.7 Å². The van der Waals surface area contributed by atoms with E-state index >= 15 is 0 Å². The topological polar surface area (TPSA) is 47.6 Å². The smallest absolute Gasteiger partial charge is 0.224 e. The highest BCUT2D eigenvalue weighted by Crippen LogP contribution is 2.24. The van der Waals surface area contributed by atoms with Gasteiger partial charge in [-0.15, -0.1) is 0 Å². The average Bonchev–Trinajstić information content (AvgIpc) is 2.57. The molecular weight excluding hydrogens is 314 g/mol. The molecule has 0 aliphatic rings. The lowest BCUT2D eigenvalue weighted by Gasteiger charge is -2.17. The van der Waals surface area contributed by atoms with E-state index < -0.39 is 0 Å². The van der Waals surface area contributed by atoms with Gasteiger partial charge in [0.15, 0.2) is 0 Å². The van der Waals surface area contributed by atoms with Gasteiger partial charge >= 0.3 is 0 Å². The molecule has 2 aromatic carbocycles. The van der Waals surface area contributed by atoms with E-state index in [4.69, 9.17) is 21.1 Å². The molecular formula is C18H20ClNO3. The van der Waals surface area contributed by atoms with Crippen molar-refractivity contribution in [2.24, 2.45) is 0 Å². The predicted octanol–water partition coefficient (Wildman–Crippen LogP) is 3.40. The van der Waals surface area contributed by atoms with E-state index in [2.05, 4.69) is 5.32 Å². The normalized spacial score (nSPS) is 11.8. The van der Waals surface area contributed by atoms with E-state index in [9.17, 15) is 4.79 Å². The molecule has 0 heterocycles. The highest BCUT2D eigenvalue weighted by atomic mass is 35.5. The Kier molecular flexibility index (Phi) is 6.44. The molecule has 0 radical (unpaired) electrons. The minimum absolute atomic E-state index is 0.0765. The van der Waals surface area contributed by atoms with Gasteiger partial charge in [-0.1, -0.05) is 41.9 Å². The zero-order valence-corrected chi connectivity index (χ0v) is 14.0. The maximum Gasteiger partial charge on any atom is 0.224 e. The molecule has 0 fully saturated rings. The highest BCUT2D eigenvalue weighted by molar-refractivity contribution is 6.31. The first-order chi connectivity index (χ1) is 11.1. The van der Waals surface area contributed by atoms with Gasteiger partial charge in [0.2, 0.25) is 5.91 Å². The van der Waals surface area contributed by atoms with Crippen LogP contribution < -0.4 is 10.1 Å². The van der Waals surface area contributed by atoms with E-state index in [1.165, 1.54) is 0 Å². The van der Waals surface area contributed by atoms with Crippen LogP contribution in [0.3, 0.4) is 0 Å². The molecule has 1 unspecified atom stereocenters. The Balaban J connectivity index is 1.93. The molecule has 4 nitrogen and oxygen atoms in total. The zero-order valence-electron chi connectivity index (χ0n) is 13.2. The van der Waals surface area contributed by atoms with Gasteiger partial charge in [-0.25, -0.2) is 0 Å². The zero-order chi connectivity index (χ0) is 16.7. The van der Waals surface area contributed by atoms with Crippen molar-refractivity contribution in [2.75, 3.05) is 20.8 Å². The Bertz CT molecular complexity index is 660. The van der Waals surface area contributed by atoms with Crippen LogP contribution in [-0.4, -0.2) is 26.7 Å². The van der Waals surface area contributed by atoms with Crippen LogP contribution in [0.15, 0.2) is 48.5 Å². The molecule has 23 heavy (non-hydrogen) atoms. The number of carbonyl (C=O) groups excluding carboxylic acids is 1. The van der Waals surface area contributed by atoms with E-state index in [0.29, 0.717) is 11.6 Å². The summed E-state index contributed by atoms with van der Waals surface area (Å²) in [5.41, 5.74) is 1.76. The molecule has 5 heteroatoms. The third kappa shape index (κ3) is 4.98. The van der Waals surface area contributed by atoms with Crippen LogP contribution in [0.2, 0.25) is 5.02 Å². The van der Waals surface area contributed by atoms with Gasteiger partial charge in [-0.3, -0.25) is 4.79 Å². The Morgan fingerprint density at radius 2 is 1.96 bits per heavy atom. The lowest BCUT2D eigenvalue weighted by molar-refractivity contribution is -0.121. The lowest BCUT2D eigenvalue weighted by Crippen LogP contribution is -2.30. The summed E-state index contributed by atoms with van der Waals surface area (Å²) < 4.78 is 10.6. The van der Waals surface area contributed by atoms with Gasteiger partial charge in [0, 0.05) is 24.2 Å². The molecule has 122 valence electrons. The minimum atomic E-state index is -0.280. The van der Waals surface area contributed by atoms with Gasteiger partial charge in [0.25, 0.3) is 0 Å². The van der Waals surface area contributed by atoms with Crippen LogP contribution in [0.4, 0.5) is 0 Å². The number of carbonyl (C=O) groups is 1.